The predicted molar refractivity (Wildman–Crippen MR) is 79.6 cm³/mol. The number of aromatic nitrogens is 3. The Balaban J connectivity index is 1.90. The number of fused-ring (bicyclic) bond motifs is 1. The zero-order valence-electron chi connectivity index (χ0n) is 13.1. The number of carbonyl (C=O) groups is 1. The van der Waals surface area contributed by atoms with Crippen LogP contribution in [0.2, 0.25) is 0 Å². The van der Waals surface area contributed by atoms with E-state index in [1.807, 2.05) is 6.92 Å². The fraction of sp³-hybridized carbons (Fsp3) is 0.533. The average molecular weight is 304 g/mol. The molecule has 1 aliphatic heterocycles. The lowest BCUT2D eigenvalue weighted by Gasteiger charge is -2.18. The summed E-state index contributed by atoms with van der Waals surface area (Å²) in [6, 6.07) is 1.80. The minimum Gasteiger partial charge on any atom is -0.361 e. The summed E-state index contributed by atoms with van der Waals surface area (Å²) in [4.78, 5) is 26.6. The van der Waals surface area contributed by atoms with Gasteiger partial charge in [-0.15, -0.1) is 0 Å². The van der Waals surface area contributed by atoms with E-state index in [4.69, 9.17) is 4.52 Å². The highest BCUT2D eigenvalue weighted by atomic mass is 16.5. The third-order valence-electron chi connectivity index (χ3n) is 4.12. The molecule has 22 heavy (non-hydrogen) atoms. The van der Waals surface area contributed by atoms with Crippen LogP contribution in [0.25, 0.3) is 0 Å². The Morgan fingerprint density at radius 1 is 1.45 bits per heavy atom. The van der Waals surface area contributed by atoms with Crippen molar-refractivity contribution in [2.75, 3.05) is 7.05 Å². The van der Waals surface area contributed by atoms with Gasteiger partial charge in [-0.3, -0.25) is 13.9 Å². The summed E-state index contributed by atoms with van der Waals surface area (Å²) in [5, 5.41) is 3.90. The van der Waals surface area contributed by atoms with Gasteiger partial charge in [0.15, 0.2) is 0 Å². The minimum absolute atomic E-state index is 0.108. The van der Waals surface area contributed by atoms with E-state index in [1.165, 1.54) is 4.57 Å². The van der Waals surface area contributed by atoms with Gasteiger partial charge in [-0.1, -0.05) is 5.16 Å². The van der Waals surface area contributed by atoms with Crippen molar-refractivity contribution in [2.24, 2.45) is 7.05 Å². The Morgan fingerprint density at radius 2 is 2.23 bits per heavy atom. The summed E-state index contributed by atoms with van der Waals surface area (Å²) < 4.78 is 8.21. The van der Waals surface area contributed by atoms with Crippen molar-refractivity contribution in [3.05, 3.63) is 39.4 Å². The van der Waals surface area contributed by atoms with Gasteiger partial charge in [0.05, 0.1) is 12.2 Å². The molecule has 0 atom stereocenters. The SMILES string of the molecule is Cc1cc(CN(C)C(=O)c2c3n(c(=O)n2C)CCCC3)no1. The minimum atomic E-state index is -0.157. The molecule has 0 fully saturated rings. The van der Waals surface area contributed by atoms with E-state index in [-0.39, 0.29) is 11.6 Å². The summed E-state index contributed by atoms with van der Waals surface area (Å²) in [5.41, 5.74) is 1.94. The third-order valence-corrected chi connectivity index (χ3v) is 4.12. The molecule has 0 spiro atoms. The van der Waals surface area contributed by atoms with Gasteiger partial charge in [-0.25, -0.2) is 4.79 Å². The van der Waals surface area contributed by atoms with Gasteiger partial charge in [0.2, 0.25) is 0 Å². The largest absolute Gasteiger partial charge is 0.361 e. The third kappa shape index (κ3) is 2.36. The standard InChI is InChI=1S/C15H20N4O3/c1-10-8-11(16-22-10)9-17(2)14(20)13-12-6-4-5-7-19(12)15(21)18(13)3/h8H,4-7,9H2,1-3H3. The van der Waals surface area contributed by atoms with Gasteiger partial charge < -0.3 is 9.42 Å². The Hall–Kier alpha value is -2.31. The molecule has 0 saturated heterocycles. The lowest BCUT2D eigenvalue weighted by Crippen LogP contribution is -2.30. The van der Waals surface area contributed by atoms with Crippen molar-refractivity contribution in [3.63, 3.8) is 0 Å². The molecule has 7 heteroatoms. The first kappa shape index (κ1) is 14.6. The van der Waals surface area contributed by atoms with Crippen LogP contribution in [0, 0.1) is 6.92 Å². The van der Waals surface area contributed by atoms with Crippen LogP contribution in [0.5, 0.6) is 0 Å². The second-order valence-corrected chi connectivity index (χ2v) is 5.84. The lowest BCUT2D eigenvalue weighted by molar-refractivity contribution is 0.0770. The Bertz CT molecular complexity index is 768. The normalized spacial score (nSPS) is 14.0. The first-order valence-corrected chi connectivity index (χ1v) is 7.45. The zero-order valence-corrected chi connectivity index (χ0v) is 13.1. The molecule has 7 nitrogen and oxygen atoms in total. The van der Waals surface area contributed by atoms with Gasteiger partial charge in [-0.05, 0) is 26.2 Å². The first-order chi connectivity index (χ1) is 10.5. The number of amides is 1. The molecule has 0 radical (unpaired) electrons. The highest BCUT2D eigenvalue weighted by Crippen LogP contribution is 2.19. The van der Waals surface area contributed by atoms with E-state index in [2.05, 4.69) is 5.16 Å². The lowest BCUT2D eigenvalue weighted by atomic mass is 10.1. The fourth-order valence-corrected chi connectivity index (χ4v) is 3.01. The van der Waals surface area contributed by atoms with Crippen LogP contribution < -0.4 is 5.69 Å². The molecular weight excluding hydrogens is 284 g/mol. The smallest absolute Gasteiger partial charge is 0.328 e. The summed E-state index contributed by atoms with van der Waals surface area (Å²) in [5.74, 6) is 0.556. The quantitative estimate of drug-likeness (QED) is 0.851. The molecule has 1 amide bonds. The Morgan fingerprint density at radius 3 is 2.91 bits per heavy atom. The van der Waals surface area contributed by atoms with E-state index in [0.717, 1.165) is 25.0 Å². The number of carbonyl (C=O) groups excluding carboxylic acids is 1. The number of imidazole rings is 1. The molecule has 3 rings (SSSR count). The van der Waals surface area contributed by atoms with E-state index in [9.17, 15) is 9.59 Å². The van der Waals surface area contributed by atoms with Crippen molar-refractivity contribution >= 4 is 5.91 Å². The predicted octanol–water partition coefficient (Wildman–Crippen LogP) is 1.09. The summed E-state index contributed by atoms with van der Waals surface area (Å²) in [6.07, 6.45) is 2.77. The van der Waals surface area contributed by atoms with Crippen LogP contribution >= 0.6 is 0 Å². The first-order valence-electron chi connectivity index (χ1n) is 7.45. The van der Waals surface area contributed by atoms with Crippen LogP contribution in [0.1, 0.15) is 40.5 Å². The van der Waals surface area contributed by atoms with Crippen LogP contribution in [0.4, 0.5) is 0 Å². The van der Waals surface area contributed by atoms with Crippen LogP contribution in [0.15, 0.2) is 15.4 Å². The Kier molecular flexibility index (Phi) is 3.64. The molecule has 0 saturated carbocycles. The molecule has 0 aliphatic carbocycles. The van der Waals surface area contributed by atoms with E-state index in [1.54, 1.807) is 29.6 Å². The second-order valence-electron chi connectivity index (χ2n) is 5.84. The van der Waals surface area contributed by atoms with E-state index < -0.39 is 0 Å². The number of aryl methyl sites for hydroxylation is 1. The van der Waals surface area contributed by atoms with E-state index >= 15 is 0 Å². The molecule has 2 aromatic heterocycles. The summed E-state index contributed by atoms with van der Waals surface area (Å²) in [6.45, 7) is 2.86. The molecule has 0 bridgehead atoms. The molecule has 0 unspecified atom stereocenters. The molecule has 0 aromatic carbocycles. The zero-order chi connectivity index (χ0) is 15.9. The second kappa shape index (κ2) is 5.47. The number of hydrogen-bond acceptors (Lipinski definition) is 4. The number of rotatable bonds is 3. The summed E-state index contributed by atoms with van der Waals surface area (Å²) in [7, 11) is 3.37. The fourth-order valence-electron chi connectivity index (χ4n) is 3.01. The van der Waals surface area contributed by atoms with Gasteiger partial charge in [-0.2, -0.15) is 0 Å². The molecule has 2 aromatic rings. The average Bonchev–Trinajstić information content (AvgIpc) is 3.01. The van der Waals surface area contributed by atoms with Gasteiger partial charge in [0.1, 0.15) is 17.1 Å². The molecule has 118 valence electrons. The van der Waals surface area contributed by atoms with Crippen LogP contribution in [-0.2, 0) is 26.6 Å². The van der Waals surface area contributed by atoms with Crippen molar-refractivity contribution in [2.45, 2.75) is 39.3 Å². The topological polar surface area (TPSA) is 73.3 Å². The number of nitrogens with zero attached hydrogens (tertiary/aromatic N) is 4. The van der Waals surface area contributed by atoms with Crippen molar-refractivity contribution in [3.8, 4) is 0 Å². The molecule has 0 N–H and O–H groups in total. The maximum absolute atomic E-state index is 12.8. The van der Waals surface area contributed by atoms with Gasteiger partial charge >= 0.3 is 5.69 Å². The van der Waals surface area contributed by atoms with E-state index in [0.29, 0.717) is 30.2 Å². The Labute approximate surface area is 128 Å². The molecule has 1 aliphatic rings. The van der Waals surface area contributed by atoms with Crippen molar-refractivity contribution in [1.29, 1.82) is 0 Å². The van der Waals surface area contributed by atoms with Crippen LogP contribution in [0.3, 0.4) is 0 Å². The van der Waals surface area contributed by atoms with Crippen molar-refractivity contribution in [1.82, 2.24) is 19.2 Å². The summed E-state index contributed by atoms with van der Waals surface area (Å²) >= 11 is 0. The molecule has 3 heterocycles. The van der Waals surface area contributed by atoms with Crippen LogP contribution in [-0.4, -0.2) is 32.1 Å². The number of hydrogen-bond donors (Lipinski definition) is 0. The van der Waals surface area contributed by atoms with Crippen molar-refractivity contribution < 1.29 is 9.32 Å². The highest BCUT2D eigenvalue weighted by Gasteiger charge is 2.27. The maximum Gasteiger partial charge on any atom is 0.328 e. The monoisotopic (exact) mass is 304 g/mol. The highest BCUT2D eigenvalue weighted by molar-refractivity contribution is 5.93. The molecular formula is C15H20N4O3. The maximum atomic E-state index is 12.8. The van der Waals surface area contributed by atoms with Gasteiger partial charge in [0.25, 0.3) is 5.91 Å². The van der Waals surface area contributed by atoms with Gasteiger partial charge in [0, 0.05) is 26.7 Å².